The molecule has 5 rings (SSSR count). The van der Waals surface area contributed by atoms with E-state index in [-0.39, 0.29) is 11.5 Å². The zero-order valence-electron chi connectivity index (χ0n) is 18.1. The van der Waals surface area contributed by atoms with E-state index in [0.717, 1.165) is 11.3 Å². The second-order valence-electron chi connectivity index (χ2n) is 7.77. The highest BCUT2D eigenvalue weighted by Gasteiger charge is 2.12. The van der Waals surface area contributed by atoms with Crippen LogP contribution in [-0.2, 0) is 0 Å². The fraction of sp³-hybridized carbons (Fsp3) is 0.0769. The lowest BCUT2D eigenvalue weighted by molar-refractivity contribution is 0.102. The minimum atomic E-state index is -0.258. The van der Waals surface area contributed by atoms with Gasteiger partial charge in [-0.15, -0.1) is 11.3 Å². The third-order valence-electron chi connectivity index (χ3n) is 5.60. The van der Waals surface area contributed by atoms with Crippen LogP contribution in [0.2, 0.25) is 0 Å². The first-order chi connectivity index (χ1) is 16.0. The lowest BCUT2D eigenvalue weighted by Gasteiger charge is -2.08. The van der Waals surface area contributed by atoms with Crippen molar-refractivity contribution < 1.29 is 4.79 Å². The molecule has 0 saturated heterocycles. The number of amides is 1. The maximum atomic E-state index is 12.8. The first-order valence-electron chi connectivity index (χ1n) is 10.4. The number of aromatic nitrogens is 3. The van der Waals surface area contributed by atoms with Crippen LogP contribution in [0.1, 0.15) is 21.5 Å². The monoisotopic (exact) mass is 452 g/mol. The van der Waals surface area contributed by atoms with Crippen molar-refractivity contribution in [2.75, 3.05) is 5.32 Å². The highest BCUT2D eigenvalue weighted by Crippen LogP contribution is 2.26. The Morgan fingerprint density at radius 3 is 2.55 bits per heavy atom. The smallest absolute Gasteiger partial charge is 0.265 e. The van der Waals surface area contributed by atoms with Gasteiger partial charge in [-0.3, -0.25) is 19.5 Å². The molecule has 0 unspecified atom stereocenters. The van der Waals surface area contributed by atoms with Crippen molar-refractivity contribution in [3.05, 3.63) is 105 Å². The summed E-state index contributed by atoms with van der Waals surface area (Å²) < 4.78 is 1.47. The number of para-hydroxylation sites is 1. The summed E-state index contributed by atoms with van der Waals surface area (Å²) in [6, 6.07) is 20.2. The van der Waals surface area contributed by atoms with E-state index in [0.29, 0.717) is 27.3 Å². The van der Waals surface area contributed by atoms with Crippen molar-refractivity contribution in [2.24, 2.45) is 0 Å². The fourth-order valence-corrected chi connectivity index (χ4v) is 4.28. The minimum absolute atomic E-state index is 0.153. The predicted molar refractivity (Wildman–Crippen MR) is 132 cm³/mol. The molecule has 7 heteroatoms. The quantitative estimate of drug-likeness (QED) is 0.397. The van der Waals surface area contributed by atoms with E-state index in [4.69, 9.17) is 0 Å². The van der Waals surface area contributed by atoms with E-state index in [2.05, 4.69) is 41.3 Å². The fourth-order valence-electron chi connectivity index (χ4n) is 3.56. The van der Waals surface area contributed by atoms with Gasteiger partial charge >= 0.3 is 0 Å². The van der Waals surface area contributed by atoms with Crippen LogP contribution in [0.5, 0.6) is 0 Å². The molecule has 0 fully saturated rings. The first-order valence-corrected chi connectivity index (χ1v) is 11.3. The molecule has 33 heavy (non-hydrogen) atoms. The molecule has 162 valence electrons. The van der Waals surface area contributed by atoms with Crippen LogP contribution in [0.25, 0.3) is 27.8 Å². The van der Waals surface area contributed by atoms with Gasteiger partial charge in [0.15, 0.2) is 5.13 Å². The van der Waals surface area contributed by atoms with E-state index in [1.807, 2.05) is 23.6 Å². The lowest BCUT2D eigenvalue weighted by atomic mass is 10.1. The Morgan fingerprint density at radius 1 is 0.970 bits per heavy atom. The van der Waals surface area contributed by atoms with Gasteiger partial charge in [0.25, 0.3) is 11.5 Å². The molecular formula is C26H20N4O2S. The van der Waals surface area contributed by atoms with Crippen LogP contribution in [0.3, 0.4) is 0 Å². The molecular weight excluding hydrogens is 432 g/mol. The zero-order valence-corrected chi connectivity index (χ0v) is 18.9. The van der Waals surface area contributed by atoms with Crippen LogP contribution in [-0.4, -0.2) is 20.4 Å². The maximum absolute atomic E-state index is 12.8. The molecule has 6 nitrogen and oxygen atoms in total. The third-order valence-corrected chi connectivity index (χ3v) is 6.36. The molecule has 0 radical (unpaired) electrons. The predicted octanol–water partition coefficient (Wildman–Crippen LogP) is 5.38. The number of fused-ring (bicyclic) bond motifs is 1. The van der Waals surface area contributed by atoms with Gasteiger partial charge < -0.3 is 0 Å². The molecule has 0 saturated carbocycles. The van der Waals surface area contributed by atoms with Crippen molar-refractivity contribution in [2.45, 2.75) is 13.8 Å². The van der Waals surface area contributed by atoms with Gasteiger partial charge in [0.1, 0.15) is 6.33 Å². The molecule has 0 aliphatic carbocycles. The van der Waals surface area contributed by atoms with Crippen molar-refractivity contribution in [3.8, 4) is 16.9 Å². The summed E-state index contributed by atoms with van der Waals surface area (Å²) in [5, 5.41) is 5.87. The summed E-state index contributed by atoms with van der Waals surface area (Å²) in [5.74, 6) is -0.258. The SMILES string of the molecule is Cc1ccc(-c2csc(NC(=O)c3ccc(-n4cnc5ccccc5c4=O)cc3)n2)cc1C. The topological polar surface area (TPSA) is 76.9 Å². The molecule has 0 bridgehead atoms. The third kappa shape index (κ3) is 4.06. The van der Waals surface area contributed by atoms with E-state index in [1.54, 1.807) is 36.4 Å². The van der Waals surface area contributed by atoms with Gasteiger partial charge in [-0.1, -0.05) is 24.3 Å². The van der Waals surface area contributed by atoms with Gasteiger partial charge in [0.2, 0.25) is 0 Å². The summed E-state index contributed by atoms with van der Waals surface area (Å²) in [5.41, 5.74) is 5.90. The average molecular weight is 453 g/mol. The minimum Gasteiger partial charge on any atom is -0.298 e. The lowest BCUT2D eigenvalue weighted by Crippen LogP contribution is -2.19. The Balaban J connectivity index is 1.34. The van der Waals surface area contributed by atoms with Gasteiger partial charge in [0, 0.05) is 16.5 Å². The van der Waals surface area contributed by atoms with Crippen molar-refractivity contribution >= 4 is 33.3 Å². The summed E-state index contributed by atoms with van der Waals surface area (Å²) >= 11 is 1.38. The summed E-state index contributed by atoms with van der Waals surface area (Å²) in [4.78, 5) is 34.4. The number of carbonyl (C=O) groups excluding carboxylic acids is 1. The van der Waals surface area contributed by atoms with Crippen LogP contribution in [0.15, 0.2) is 83.2 Å². The van der Waals surface area contributed by atoms with Crippen LogP contribution in [0.4, 0.5) is 5.13 Å². The number of hydrogen-bond donors (Lipinski definition) is 1. The standard InChI is InChI=1S/C26H20N4O2S/c1-16-7-8-19(13-17(16)2)23-14-33-26(28-23)29-24(31)18-9-11-20(12-10-18)30-15-27-22-6-4-3-5-21(22)25(30)32/h3-15H,1-2H3,(H,28,29,31). The maximum Gasteiger partial charge on any atom is 0.265 e. The second kappa shape index (κ2) is 8.44. The van der Waals surface area contributed by atoms with Gasteiger partial charge in [-0.05, 0) is 67.4 Å². The molecule has 2 aromatic heterocycles. The summed E-state index contributed by atoms with van der Waals surface area (Å²) in [6.45, 7) is 4.14. The summed E-state index contributed by atoms with van der Waals surface area (Å²) in [6.07, 6.45) is 1.50. The van der Waals surface area contributed by atoms with Crippen molar-refractivity contribution in [1.82, 2.24) is 14.5 Å². The average Bonchev–Trinajstić information content (AvgIpc) is 3.30. The Kier molecular flexibility index (Phi) is 5.32. The molecule has 5 aromatic rings. The number of thiazole rings is 1. The number of nitrogens with zero attached hydrogens (tertiary/aromatic N) is 3. The van der Waals surface area contributed by atoms with Gasteiger partial charge in [-0.2, -0.15) is 0 Å². The molecule has 3 aromatic carbocycles. The van der Waals surface area contributed by atoms with Crippen molar-refractivity contribution in [1.29, 1.82) is 0 Å². The zero-order chi connectivity index (χ0) is 22.9. The largest absolute Gasteiger partial charge is 0.298 e. The summed E-state index contributed by atoms with van der Waals surface area (Å²) in [7, 11) is 0. The van der Waals surface area contributed by atoms with E-state index in [9.17, 15) is 9.59 Å². The molecule has 1 amide bonds. The number of aryl methyl sites for hydroxylation is 2. The van der Waals surface area contributed by atoms with Crippen molar-refractivity contribution in [3.63, 3.8) is 0 Å². The Morgan fingerprint density at radius 2 is 1.76 bits per heavy atom. The number of benzene rings is 3. The molecule has 0 spiro atoms. The number of hydrogen-bond acceptors (Lipinski definition) is 5. The first kappa shape index (κ1) is 20.8. The highest BCUT2D eigenvalue weighted by molar-refractivity contribution is 7.14. The van der Waals surface area contributed by atoms with Gasteiger partial charge in [0.05, 0.1) is 22.3 Å². The molecule has 0 aliphatic rings. The van der Waals surface area contributed by atoms with E-state index >= 15 is 0 Å². The molecule has 2 heterocycles. The number of carbonyl (C=O) groups is 1. The van der Waals surface area contributed by atoms with Crippen LogP contribution >= 0.6 is 11.3 Å². The number of anilines is 1. The second-order valence-corrected chi connectivity index (χ2v) is 8.63. The normalized spacial score (nSPS) is 11.0. The van der Waals surface area contributed by atoms with E-state index < -0.39 is 0 Å². The Labute approximate surface area is 194 Å². The van der Waals surface area contributed by atoms with Gasteiger partial charge in [-0.25, -0.2) is 9.97 Å². The number of nitrogens with one attached hydrogen (secondary N) is 1. The number of rotatable bonds is 4. The highest BCUT2D eigenvalue weighted by atomic mass is 32.1. The Bertz CT molecular complexity index is 1550. The van der Waals surface area contributed by atoms with Crippen LogP contribution in [0, 0.1) is 13.8 Å². The van der Waals surface area contributed by atoms with Crippen LogP contribution < -0.4 is 10.9 Å². The molecule has 1 N–H and O–H groups in total. The Hall–Kier alpha value is -4.10. The molecule has 0 atom stereocenters. The van der Waals surface area contributed by atoms with E-state index in [1.165, 1.54) is 33.4 Å². The molecule has 0 aliphatic heterocycles.